The van der Waals surface area contributed by atoms with Gasteiger partial charge in [-0.15, -0.1) is 0 Å². The van der Waals surface area contributed by atoms with Gasteiger partial charge in [0.15, 0.2) is 0 Å². The molecule has 74 valence electrons. The van der Waals surface area contributed by atoms with Crippen molar-refractivity contribution in [3.05, 3.63) is 0 Å². The maximum absolute atomic E-state index is 5.15. The standard InChI is InChI=1S/C8H21NO2Si/c1-5-9(6-2)7-12-8(10-3)11-4/h8H,5-7,12H2,1-4H3. The van der Waals surface area contributed by atoms with Crippen LogP contribution in [0.2, 0.25) is 0 Å². The van der Waals surface area contributed by atoms with E-state index in [1.807, 2.05) is 0 Å². The van der Waals surface area contributed by atoms with E-state index in [1.54, 1.807) is 14.2 Å². The van der Waals surface area contributed by atoms with Crippen LogP contribution in [0.5, 0.6) is 0 Å². The van der Waals surface area contributed by atoms with Crippen LogP contribution < -0.4 is 0 Å². The summed E-state index contributed by atoms with van der Waals surface area (Å²) in [5.74, 6) is 0.0885. The molecule has 0 aromatic heterocycles. The Kier molecular flexibility index (Phi) is 7.79. The van der Waals surface area contributed by atoms with Gasteiger partial charge in [-0.2, -0.15) is 0 Å². The molecular weight excluding hydrogens is 170 g/mol. The molecule has 0 rings (SSSR count). The average molecular weight is 191 g/mol. The first kappa shape index (κ1) is 12.1. The second-order valence-electron chi connectivity index (χ2n) is 2.72. The summed E-state index contributed by atoms with van der Waals surface area (Å²) >= 11 is 0. The molecule has 0 aromatic rings. The van der Waals surface area contributed by atoms with Gasteiger partial charge in [-0.25, -0.2) is 0 Å². The first-order valence-electron chi connectivity index (χ1n) is 4.56. The summed E-state index contributed by atoms with van der Waals surface area (Å²) in [6, 6.07) is 0. The Morgan fingerprint density at radius 3 is 2.00 bits per heavy atom. The lowest BCUT2D eigenvalue weighted by Crippen LogP contribution is -2.34. The van der Waals surface area contributed by atoms with Crippen molar-refractivity contribution in [2.24, 2.45) is 0 Å². The molecule has 3 nitrogen and oxygen atoms in total. The fourth-order valence-electron chi connectivity index (χ4n) is 1.16. The van der Waals surface area contributed by atoms with E-state index in [9.17, 15) is 0 Å². The smallest absolute Gasteiger partial charge is 0.135 e. The van der Waals surface area contributed by atoms with E-state index in [1.165, 1.54) is 6.17 Å². The third-order valence-electron chi connectivity index (χ3n) is 2.10. The molecule has 0 spiro atoms. The van der Waals surface area contributed by atoms with Gasteiger partial charge in [-0.1, -0.05) is 13.8 Å². The predicted octanol–water partition coefficient (Wildman–Crippen LogP) is 0.0309. The van der Waals surface area contributed by atoms with Crippen LogP contribution in [-0.2, 0) is 9.47 Å². The molecule has 12 heavy (non-hydrogen) atoms. The van der Waals surface area contributed by atoms with E-state index >= 15 is 0 Å². The molecule has 0 bridgehead atoms. The van der Waals surface area contributed by atoms with E-state index in [0.29, 0.717) is 0 Å². The zero-order valence-corrected chi connectivity index (χ0v) is 10.1. The maximum atomic E-state index is 5.15. The molecule has 0 unspecified atom stereocenters. The summed E-state index contributed by atoms with van der Waals surface area (Å²) in [5.41, 5.74) is 0. The van der Waals surface area contributed by atoms with Crippen molar-refractivity contribution in [1.29, 1.82) is 0 Å². The molecule has 4 heteroatoms. The highest BCUT2D eigenvalue weighted by molar-refractivity contribution is 6.36. The Bertz CT molecular complexity index is 83.1. The van der Waals surface area contributed by atoms with Crippen molar-refractivity contribution >= 4 is 9.52 Å². The molecule has 0 atom stereocenters. The van der Waals surface area contributed by atoms with Crippen LogP contribution >= 0.6 is 0 Å². The van der Waals surface area contributed by atoms with Gasteiger partial charge in [0.1, 0.15) is 15.4 Å². The van der Waals surface area contributed by atoms with E-state index in [0.717, 1.165) is 13.1 Å². The molecule has 0 saturated carbocycles. The summed E-state index contributed by atoms with van der Waals surface area (Å²) in [6.07, 6.45) is 1.18. The number of hydrogen-bond donors (Lipinski definition) is 0. The van der Waals surface area contributed by atoms with Crippen LogP contribution in [0.3, 0.4) is 0 Å². The molecule has 0 aliphatic carbocycles. The third kappa shape index (κ3) is 4.87. The van der Waals surface area contributed by atoms with Gasteiger partial charge in [0, 0.05) is 14.2 Å². The summed E-state index contributed by atoms with van der Waals surface area (Å²) in [5, 5.41) is 0. The van der Waals surface area contributed by atoms with Crippen molar-refractivity contribution in [1.82, 2.24) is 4.90 Å². The van der Waals surface area contributed by atoms with Gasteiger partial charge >= 0.3 is 0 Å². The maximum Gasteiger partial charge on any atom is 0.135 e. The van der Waals surface area contributed by atoms with Gasteiger partial charge in [0.05, 0.1) is 0 Å². The summed E-state index contributed by atoms with van der Waals surface area (Å²) < 4.78 is 10.3. The summed E-state index contributed by atoms with van der Waals surface area (Å²) in [6.45, 7) is 6.63. The lowest BCUT2D eigenvalue weighted by molar-refractivity contribution is -0.0448. The number of rotatable bonds is 7. The number of ether oxygens (including phenoxy) is 2. The molecule has 0 amide bonds. The van der Waals surface area contributed by atoms with Gasteiger partial charge in [-0.3, -0.25) is 0 Å². The minimum Gasteiger partial charge on any atom is -0.360 e. The highest BCUT2D eigenvalue weighted by atomic mass is 28.2. The van der Waals surface area contributed by atoms with E-state index < -0.39 is 0 Å². The second kappa shape index (κ2) is 7.73. The largest absolute Gasteiger partial charge is 0.360 e. The lowest BCUT2D eigenvalue weighted by Gasteiger charge is -2.20. The zero-order chi connectivity index (χ0) is 9.40. The number of hydrogen-bond acceptors (Lipinski definition) is 3. The average Bonchev–Trinajstić information content (AvgIpc) is 2.13. The number of methoxy groups -OCH3 is 2. The number of nitrogens with zero attached hydrogens (tertiary/aromatic N) is 1. The minimum absolute atomic E-state index is 0.0885. The summed E-state index contributed by atoms with van der Waals surface area (Å²) in [7, 11) is 3.16. The zero-order valence-electron chi connectivity index (χ0n) is 8.67. The molecule has 0 fully saturated rings. The second-order valence-corrected chi connectivity index (χ2v) is 4.41. The van der Waals surface area contributed by atoms with Crippen LogP contribution in [0.4, 0.5) is 0 Å². The Morgan fingerprint density at radius 2 is 1.67 bits per heavy atom. The predicted molar refractivity (Wildman–Crippen MR) is 54.1 cm³/mol. The van der Waals surface area contributed by atoms with Crippen molar-refractivity contribution in [2.75, 3.05) is 33.5 Å². The fraction of sp³-hybridized carbons (Fsp3) is 1.00. The molecule has 0 aliphatic rings. The van der Waals surface area contributed by atoms with E-state index in [-0.39, 0.29) is 15.4 Å². The van der Waals surface area contributed by atoms with E-state index in [2.05, 4.69) is 18.7 Å². The molecule has 0 saturated heterocycles. The van der Waals surface area contributed by atoms with Crippen LogP contribution in [0, 0.1) is 0 Å². The van der Waals surface area contributed by atoms with Crippen molar-refractivity contribution in [3.8, 4) is 0 Å². The summed E-state index contributed by atoms with van der Waals surface area (Å²) in [4.78, 5) is 2.41. The topological polar surface area (TPSA) is 21.7 Å². The third-order valence-corrected chi connectivity index (χ3v) is 4.13. The Hall–Kier alpha value is 0.0969. The molecule has 0 N–H and O–H groups in total. The normalized spacial score (nSPS) is 12.5. The quantitative estimate of drug-likeness (QED) is 0.419. The van der Waals surface area contributed by atoms with Gasteiger partial charge in [0.2, 0.25) is 0 Å². The van der Waals surface area contributed by atoms with Crippen LogP contribution in [0.15, 0.2) is 0 Å². The first-order valence-corrected chi connectivity index (χ1v) is 6.38. The highest BCUT2D eigenvalue weighted by Crippen LogP contribution is 1.91. The van der Waals surface area contributed by atoms with E-state index in [4.69, 9.17) is 9.47 Å². The van der Waals surface area contributed by atoms with Crippen LogP contribution in [0.25, 0.3) is 0 Å². The van der Waals surface area contributed by atoms with Gasteiger partial charge in [0.25, 0.3) is 0 Å². The molecule has 0 aromatic carbocycles. The first-order chi connectivity index (χ1) is 5.78. The van der Waals surface area contributed by atoms with Crippen molar-refractivity contribution < 1.29 is 9.47 Å². The van der Waals surface area contributed by atoms with Crippen LogP contribution in [-0.4, -0.2) is 53.8 Å². The van der Waals surface area contributed by atoms with Crippen molar-refractivity contribution in [2.45, 2.75) is 19.8 Å². The lowest BCUT2D eigenvalue weighted by atomic mass is 10.6. The highest BCUT2D eigenvalue weighted by Gasteiger charge is 2.07. The molecular formula is C8H21NO2Si. The monoisotopic (exact) mass is 191 g/mol. The van der Waals surface area contributed by atoms with Gasteiger partial charge < -0.3 is 14.4 Å². The molecule has 0 aliphatic heterocycles. The minimum atomic E-state index is -0.263. The van der Waals surface area contributed by atoms with Gasteiger partial charge in [-0.05, 0) is 19.3 Å². The Balaban J connectivity index is 3.49. The fourth-order valence-corrected chi connectivity index (χ4v) is 2.84. The SMILES string of the molecule is CCN(CC)C[SiH2]C(OC)OC. The Labute approximate surface area is 77.9 Å². The van der Waals surface area contributed by atoms with Crippen LogP contribution in [0.1, 0.15) is 13.8 Å². The molecule has 0 radical (unpaired) electrons. The Morgan fingerprint density at radius 1 is 1.17 bits per heavy atom. The molecule has 0 heterocycles. The van der Waals surface area contributed by atoms with Crippen molar-refractivity contribution in [3.63, 3.8) is 0 Å².